The summed E-state index contributed by atoms with van der Waals surface area (Å²) >= 11 is 0. The van der Waals surface area contributed by atoms with Crippen LogP contribution in [-0.4, -0.2) is 16.2 Å². The number of hydrogen-bond acceptors (Lipinski definition) is 2. The van der Waals surface area contributed by atoms with Crippen LogP contribution in [0.25, 0.3) is 0 Å². The normalized spacial score (nSPS) is 10.1. The van der Waals surface area contributed by atoms with Crippen LogP contribution in [0.15, 0.2) is 42.5 Å². The van der Waals surface area contributed by atoms with Gasteiger partial charge in [0.1, 0.15) is 5.82 Å². The molecule has 0 saturated carbocycles. The molecule has 0 saturated heterocycles. The molecule has 1 amide bonds. The van der Waals surface area contributed by atoms with Gasteiger partial charge in [-0.2, -0.15) is 0 Å². The van der Waals surface area contributed by atoms with E-state index < -0.39 is 6.09 Å². The number of benzene rings is 1. The van der Waals surface area contributed by atoms with Crippen molar-refractivity contribution < 1.29 is 9.90 Å². The fourth-order valence-corrected chi connectivity index (χ4v) is 1.85. The smallest absolute Gasteiger partial charge is 0.417 e. The minimum Gasteiger partial charge on any atom is -0.464 e. The number of aromatic nitrogens is 1. The minimum absolute atomic E-state index is 0.422. The molecule has 0 aliphatic carbocycles. The first-order valence-electron chi connectivity index (χ1n) is 5.61. The molecule has 0 fully saturated rings. The van der Waals surface area contributed by atoms with E-state index in [1.165, 1.54) is 4.90 Å². The monoisotopic (exact) mass is 242 g/mol. The van der Waals surface area contributed by atoms with Crippen molar-refractivity contribution >= 4 is 17.6 Å². The maximum absolute atomic E-state index is 11.4. The molecule has 1 aromatic carbocycles. The third-order valence-electron chi connectivity index (χ3n) is 2.52. The number of carboxylic acid groups (broad SMARTS) is 1. The predicted octanol–water partition coefficient (Wildman–Crippen LogP) is 3.51. The van der Waals surface area contributed by atoms with Crippen molar-refractivity contribution in [3.63, 3.8) is 0 Å². The Kier molecular flexibility index (Phi) is 3.28. The Morgan fingerprint density at radius 1 is 1.17 bits per heavy atom. The van der Waals surface area contributed by atoms with E-state index in [-0.39, 0.29) is 0 Å². The molecule has 1 aromatic heterocycles. The molecule has 0 spiro atoms. The van der Waals surface area contributed by atoms with Crippen LogP contribution in [0, 0.1) is 13.8 Å². The molecule has 0 aliphatic heterocycles. The first-order chi connectivity index (χ1) is 8.58. The predicted molar refractivity (Wildman–Crippen MR) is 70.3 cm³/mol. The Labute approximate surface area is 106 Å². The van der Waals surface area contributed by atoms with Gasteiger partial charge in [0.05, 0.1) is 5.69 Å². The van der Waals surface area contributed by atoms with Gasteiger partial charge in [0.25, 0.3) is 0 Å². The molecule has 1 heterocycles. The van der Waals surface area contributed by atoms with Crippen LogP contribution in [-0.2, 0) is 0 Å². The third-order valence-corrected chi connectivity index (χ3v) is 2.52. The van der Waals surface area contributed by atoms with Crippen LogP contribution in [0.4, 0.5) is 16.3 Å². The highest BCUT2D eigenvalue weighted by molar-refractivity contribution is 5.93. The van der Waals surface area contributed by atoms with E-state index in [0.717, 1.165) is 11.3 Å². The molecule has 0 radical (unpaired) electrons. The van der Waals surface area contributed by atoms with E-state index >= 15 is 0 Å². The molecule has 92 valence electrons. The van der Waals surface area contributed by atoms with Crippen molar-refractivity contribution in [3.05, 3.63) is 53.7 Å². The SMILES string of the molecule is Cc1cc(C)nc(N(C(=O)O)c2ccccc2)c1. The first-order valence-corrected chi connectivity index (χ1v) is 5.61. The van der Waals surface area contributed by atoms with Gasteiger partial charge in [-0.05, 0) is 43.7 Å². The second-order valence-electron chi connectivity index (χ2n) is 4.10. The van der Waals surface area contributed by atoms with Crippen molar-refractivity contribution in [1.29, 1.82) is 0 Å². The van der Waals surface area contributed by atoms with Gasteiger partial charge in [0, 0.05) is 5.69 Å². The Morgan fingerprint density at radius 3 is 2.39 bits per heavy atom. The lowest BCUT2D eigenvalue weighted by atomic mass is 10.2. The maximum Gasteiger partial charge on any atom is 0.417 e. The highest BCUT2D eigenvalue weighted by atomic mass is 16.4. The van der Waals surface area contributed by atoms with E-state index in [4.69, 9.17) is 0 Å². The summed E-state index contributed by atoms with van der Waals surface area (Å²) in [6, 6.07) is 12.6. The maximum atomic E-state index is 11.4. The number of pyridine rings is 1. The number of para-hydroxylation sites is 1. The fourth-order valence-electron chi connectivity index (χ4n) is 1.85. The summed E-state index contributed by atoms with van der Waals surface area (Å²) in [4.78, 5) is 16.9. The lowest BCUT2D eigenvalue weighted by molar-refractivity contribution is 0.204. The number of carbonyl (C=O) groups is 1. The fraction of sp³-hybridized carbons (Fsp3) is 0.143. The van der Waals surface area contributed by atoms with E-state index in [2.05, 4.69) is 4.98 Å². The Hall–Kier alpha value is -2.36. The van der Waals surface area contributed by atoms with Crippen LogP contribution in [0.1, 0.15) is 11.3 Å². The summed E-state index contributed by atoms with van der Waals surface area (Å²) in [6.45, 7) is 3.77. The summed E-state index contributed by atoms with van der Waals surface area (Å²) in [5.74, 6) is 0.422. The quantitative estimate of drug-likeness (QED) is 0.876. The molecule has 2 rings (SSSR count). The van der Waals surface area contributed by atoms with E-state index in [0.29, 0.717) is 11.5 Å². The first kappa shape index (κ1) is 12.1. The zero-order valence-electron chi connectivity index (χ0n) is 10.3. The number of rotatable bonds is 2. The van der Waals surface area contributed by atoms with Crippen molar-refractivity contribution in [2.24, 2.45) is 0 Å². The van der Waals surface area contributed by atoms with Gasteiger partial charge in [-0.3, -0.25) is 0 Å². The van der Waals surface area contributed by atoms with Gasteiger partial charge >= 0.3 is 6.09 Å². The Bertz CT molecular complexity index is 547. The van der Waals surface area contributed by atoms with Crippen LogP contribution in [0.5, 0.6) is 0 Å². The Balaban J connectivity index is 2.52. The summed E-state index contributed by atoms with van der Waals surface area (Å²) < 4.78 is 0. The number of aryl methyl sites for hydroxylation is 2. The molecule has 0 unspecified atom stereocenters. The van der Waals surface area contributed by atoms with Crippen LogP contribution >= 0.6 is 0 Å². The van der Waals surface area contributed by atoms with E-state index in [1.54, 1.807) is 30.3 Å². The largest absolute Gasteiger partial charge is 0.464 e. The number of nitrogens with zero attached hydrogens (tertiary/aromatic N) is 2. The highest BCUT2D eigenvalue weighted by Crippen LogP contribution is 2.24. The van der Waals surface area contributed by atoms with E-state index in [1.807, 2.05) is 26.0 Å². The van der Waals surface area contributed by atoms with E-state index in [9.17, 15) is 9.90 Å². The van der Waals surface area contributed by atoms with Crippen molar-refractivity contribution in [2.45, 2.75) is 13.8 Å². The summed E-state index contributed by atoms with van der Waals surface area (Å²) in [7, 11) is 0. The van der Waals surface area contributed by atoms with Gasteiger partial charge < -0.3 is 5.11 Å². The van der Waals surface area contributed by atoms with Crippen molar-refractivity contribution in [1.82, 2.24) is 4.98 Å². The number of amides is 1. The summed E-state index contributed by atoms with van der Waals surface area (Å²) in [5.41, 5.74) is 2.37. The molecule has 0 bridgehead atoms. The number of hydrogen-bond donors (Lipinski definition) is 1. The molecule has 1 N–H and O–H groups in total. The molecule has 0 aliphatic rings. The zero-order chi connectivity index (χ0) is 13.1. The minimum atomic E-state index is -1.04. The third kappa shape index (κ3) is 2.48. The molecular weight excluding hydrogens is 228 g/mol. The highest BCUT2D eigenvalue weighted by Gasteiger charge is 2.18. The lowest BCUT2D eigenvalue weighted by Gasteiger charge is -2.19. The molecule has 2 aromatic rings. The molecule has 4 heteroatoms. The second-order valence-corrected chi connectivity index (χ2v) is 4.10. The summed E-state index contributed by atoms with van der Waals surface area (Å²) in [6.07, 6.45) is -1.04. The van der Waals surface area contributed by atoms with Crippen LogP contribution in [0.3, 0.4) is 0 Å². The Morgan fingerprint density at radius 2 is 1.83 bits per heavy atom. The van der Waals surface area contributed by atoms with Crippen LogP contribution in [0.2, 0.25) is 0 Å². The van der Waals surface area contributed by atoms with Gasteiger partial charge in [-0.25, -0.2) is 14.7 Å². The second kappa shape index (κ2) is 4.87. The topological polar surface area (TPSA) is 53.4 Å². The zero-order valence-corrected chi connectivity index (χ0v) is 10.3. The van der Waals surface area contributed by atoms with Crippen molar-refractivity contribution in [3.8, 4) is 0 Å². The van der Waals surface area contributed by atoms with Gasteiger partial charge in [-0.15, -0.1) is 0 Å². The number of anilines is 2. The molecule has 4 nitrogen and oxygen atoms in total. The van der Waals surface area contributed by atoms with Gasteiger partial charge in [0.15, 0.2) is 0 Å². The summed E-state index contributed by atoms with van der Waals surface area (Å²) in [5, 5.41) is 9.35. The molecule has 18 heavy (non-hydrogen) atoms. The lowest BCUT2D eigenvalue weighted by Crippen LogP contribution is -2.24. The average molecular weight is 242 g/mol. The van der Waals surface area contributed by atoms with Gasteiger partial charge in [0.2, 0.25) is 0 Å². The molecule has 0 atom stereocenters. The van der Waals surface area contributed by atoms with Crippen LogP contribution < -0.4 is 4.90 Å². The molecular formula is C14H14N2O2. The standard InChI is InChI=1S/C14H14N2O2/c1-10-8-11(2)15-13(9-10)16(14(17)18)12-6-4-3-5-7-12/h3-9H,1-2H3,(H,17,18). The van der Waals surface area contributed by atoms with Gasteiger partial charge in [-0.1, -0.05) is 18.2 Å². The average Bonchev–Trinajstić information content (AvgIpc) is 2.28. The van der Waals surface area contributed by atoms with Crippen molar-refractivity contribution in [2.75, 3.05) is 4.90 Å².